The number of fused-ring (bicyclic) bond motifs is 9. The van der Waals surface area contributed by atoms with Crippen LogP contribution >= 0.6 is 0 Å². The molecule has 0 aliphatic rings. The van der Waals surface area contributed by atoms with Crippen molar-refractivity contribution in [2.75, 3.05) is 4.90 Å². The minimum atomic E-state index is 1.07. The van der Waals surface area contributed by atoms with Gasteiger partial charge in [0.15, 0.2) is 0 Å². The van der Waals surface area contributed by atoms with Crippen molar-refractivity contribution >= 4 is 82.0 Å². The van der Waals surface area contributed by atoms with Gasteiger partial charge in [-0.2, -0.15) is 0 Å². The molecule has 0 amide bonds. The lowest BCUT2D eigenvalue weighted by molar-refractivity contribution is 1.18. The van der Waals surface area contributed by atoms with E-state index in [0.717, 1.165) is 33.7 Å². The molecule has 0 fully saturated rings. The maximum Gasteiger partial charge on any atom is 0.0547 e. The molecule has 2 heteroatoms. The van der Waals surface area contributed by atoms with Crippen LogP contribution in [-0.2, 0) is 0 Å². The molecule has 0 unspecified atom stereocenters. The molecule has 1 aromatic heterocycles. The minimum Gasteiger partial charge on any atom is -0.310 e. The molecular weight excluding hydrogens is 725 g/mol. The lowest BCUT2D eigenvalue weighted by Crippen LogP contribution is -2.10. The number of hydrogen-bond acceptors (Lipinski definition) is 1. The summed E-state index contributed by atoms with van der Waals surface area (Å²) in [4.78, 5) is 2.41. The van der Waals surface area contributed by atoms with E-state index in [-0.39, 0.29) is 0 Å². The first-order valence-electron chi connectivity index (χ1n) is 20.5. The first-order chi connectivity index (χ1) is 29.7. The van der Waals surface area contributed by atoms with Crippen LogP contribution in [0.15, 0.2) is 218 Å². The van der Waals surface area contributed by atoms with Gasteiger partial charge in [0.25, 0.3) is 0 Å². The molecule has 2 nitrogen and oxygen atoms in total. The SMILES string of the molecule is c1ccc2c(c#1)ccc1cc(N(c3cccc(-c4cccc5c4c4cc(-c6ccccc6)ccc4n5-c4ccccc4)c3)c3ccc4c(ccc5ccccc54)c3)ccc12. The molecule has 12 aromatic rings. The van der Waals surface area contributed by atoms with Crippen LogP contribution < -0.4 is 4.90 Å². The Kier molecular flexibility index (Phi) is 7.80. The maximum absolute atomic E-state index is 3.29. The molecule has 0 bridgehead atoms. The third-order valence-corrected chi connectivity index (χ3v) is 12.2. The van der Waals surface area contributed by atoms with Gasteiger partial charge in [-0.1, -0.05) is 146 Å². The molecule has 60 heavy (non-hydrogen) atoms. The molecule has 1 heterocycles. The number of rotatable bonds is 6. The van der Waals surface area contributed by atoms with E-state index in [1.165, 1.54) is 76.2 Å². The predicted molar refractivity (Wildman–Crippen MR) is 254 cm³/mol. The van der Waals surface area contributed by atoms with Gasteiger partial charge in [0.2, 0.25) is 0 Å². The zero-order valence-electron chi connectivity index (χ0n) is 32.7. The normalized spacial score (nSPS) is 11.5. The first kappa shape index (κ1) is 34.0. The van der Waals surface area contributed by atoms with Gasteiger partial charge in [-0.15, -0.1) is 0 Å². The van der Waals surface area contributed by atoms with E-state index in [9.17, 15) is 0 Å². The highest BCUT2D eigenvalue weighted by Gasteiger charge is 2.20. The maximum atomic E-state index is 3.29. The van der Waals surface area contributed by atoms with Crippen molar-refractivity contribution in [2.45, 2.75) is 0 Å². The lowest BCUT2D eigenvalue weighted by atomic mass is 9.96. The summed E-state index contributed by atoms with van der Waals surface area (Å²) in [5.41, 5.74) is 11.6. The van der Waals surface area contributed by atoms with Crippen LogP contribution in [0.5, 0.6) is 0 Å². The van der Waals surface area contributed by atoms with E-state index in [0.29, 0.717) is 0 Å². The van der Waals surface area contributed by atoms with Gasteiger partial charge < -0.3 is 9.47 Å². The number of anilines is 3. The standard InChI is InChI=1S/C58H36N2/c1-3-13-39(14-4-1)42-29-34-56-55(38-42)58-54(23-12-24-57(58)60(56)46-18-5-2-6-19-46)43-17-11-20-47(35-43)59(48-30-32-52-44(36-48)27-25-40-15-7-9-21-50(40)52)49-31-33-53-45(37-49)28-26-41-16-8-10-22-51(41)53/h1-7,9-15,17-38H. The fourth-order valence-electron chi connectivity index (χ4n) is 9.39. The van der Waals surface area contributed by atoms with Crippen molar-refractivity contribution in [3.8, 4) is 27.9 Å². The highest BCUT2D eigenvalue weighted by molar-refractivity contribution is 6.17. The van der Waals surface area contributed by atoms with Gasteiger partial charge in [0.05, 0.1) is 11.0 Å². The summed E-state index contributed by atoms with van der Waals surface area (Å²) in [7, 11) is 0. The van der Waals surface area contributed by atoms with Crippen LogP contribution in [0.2, 0.25) is 0 Å². The average Bonchev–Trinajstić information content (AvgIpc) is 3.66. The smallest absolute Gasteiger partial charge is 0.0547 e. The van der Waals surface area contributed by atoms with Crippen molar-refractivity contribution in [3.05, 3.63) is 231 Å². The predicted octanol–water partition coefficient (Wildman–Crippen LogP) is 15.8. The Morgan fingerprint density at radius 2 is 1.03 bits per heavy atom. The molecule has 0 aliphatic carbocycles. The highest BCUT2D eigenvalue weighted by Crippen LogP contribution is 2.44. The first-order valence-corrected chi connectivity index (χ1v) is 20.5. The number of para-hydroxylation sites is 1. The Morgan fingerprint density at radius 3 is 1.87 bits per heavy atom. The Bertz CT molecular complexity index is 3480. The van der Waals surface area contributed by atoms with Crippen molar-refractivity contribution in [1.82, 2.24) is 4.57 Å². The molecule has 11 aromatic carbocycles. The van der Waals surface area contributed by atoms with E-state index >= 15 is 0 Å². The van der Waals surface area contributed by atoms with Gasteiger partial charge in [0.1, 0.15) is 0 Å². The molecule has 0 radical (unpaired) electrons. The molecule has 0 saturated carbocycles. The van der Waals surface area contributed by atoms with Crippen LogP contribution in [0.3, 0.4) is 0 Å². The summed E-state index contributed by atoms with van der Waals surface area (Å²) in [6.45, 7) is 0. The summed E-state index contributed by atoms with van der Waals surface area (Å²) in [5, 5.41) is 12.1. The zero-order chi connectivity index (χ0) is 39.6. The van der Waals surface area contributed by atoms with Crippen molar-refractivity contribution in [3.63, 3.8) is 0 Å². The van der Waals surface area contributed by atoms with Crippen molar-refractivity contribution in [1.29, 1.82) is 0 Å². The fourth-order valence-corrected chi connectivity index (χ4v) is 9.39. The van der Waals surface area contributed by atoms with Gasteiger partial charge in [0, 0.05) is 38.9 Å². The average molecular weight is 761 g/mol. The summed E-state index contributed by atoms with van der Waals surface area (Å²) < 4.78 is 2.41. The number of aromatic nitrogens is 1. The van der Waals surface area contributed by atoms with Crippen molar-refractivity contribution in [2.24, 2.45) is 0 Å². The largest absolute Gasteiger partial charge is 0.310 e. The highest BCUT2D eigenvalue weighted by atomic mass is 15.1. The number of nitrogens with zero attached hydrogens (tertiary/aromatic N) is 2. The minimum absolute atomic E-state index is 1.07. The quantitative estimate of drug-likeness (QED) is 0.153. The fraction of sp³-hybridized carbons (Fsp3) is 0. The van der Waals surface area contributed by atoms with Gasteiger partial charge in [-0.3, -0.25) is 0 Å². The summed E-state index contributed by atoms with van der Waals surface area (Å²) >= 11 is 0. The second-order valence-corrected chi connectivity index (χ2v) is 15.6. The summed E-state index contributed by atoms with van der Waals surface area (Å²) in [6, 6.07) is 85.9. The van der Waals surface area contributed by atoms with E-state index in [1.807, 2.05) is 6.07 Å². The van der Waals surface area contributed by atoms with E-state index < -0.39 is 0 Å². The molecule has 12 rings (SSSR count). The number of hydrogen-bond donors (Lipinski definition) is 0. The molecule has 0 atom stereocenters. The molecule has 278 valence electrons. The van der Waals surface area contributed by atoms with Gasteiger partial charge in [-0.25, -0.2) is 0 Å². The summed E-state index contributed by atoms with van der Waals surface area (Å²) in [6.07, 6.45) is 0. The van der Waals surface area contributed by atoms with Crippen LogP contribution in [0.25, 0.3) is 92.8 Å². The molecule has 0 spiro atoms. The lowest BCUT2D eigenvalue weighted by Gasteiger charge is -2.27. The zero-order valence-corrected chi connectivity index (χ0v) is 32.7. The molecule has 0 N–H and O–H groups in total. The van der Waals surface area contributed by atoms with Crippen LogP contribution in [0, 0.1) is 12.1 Å². The Labute approximate surface area is 348 Å². The molecule has 0 saturated heterocycles. The second-order valence-electron chi connectivity index (χ2n) is 15.6. The topological polar surface area (TPSA) is 8.17 Å². The van der Waals surface area contributed by atoms with Crippen LogP contribution in [0.1, 0.15) is 0 Å². The monoisotopic (exact) mass is 760 g/mol. The Balaban J connectivity index is 1.08. The van der Waals surface area contributed by atoms with Crippen molar-refractivity contribution < 1.29 is 0 Å². The van der Waals surface area contributed by atoms with Crippen LogP contribution in [0.4, 0.5) is 17.1 Å². The van der Waals surface area contributed by atoms with E-state index in [2.05, 4.69) is 234 Å². The van der Waals surface area contributed by atoms with Crippen LogP contribution in [-0.4, -0.2) is 4.57 Å². The number of benzene rings is 10. The Morgan fingerprint density at radius 1 is 0.367 bits per heavy atom. The second kappa shape index (κ2) is 13.8. The van der Waals surface area contributed by atoms with Gasteiger partial charge in [-0.05, 0) is 145 Å². The van der Waals surface area contributed by atoms with E-state index in [4.69, 9.17) is 0 Å². The Hall–Kier alpha value is -8.12. The molecular formula is C58H36N2. The third-order valence-electron chi connectivity index (χ3n) is 12.2. The molecule has 0 aliphatic heterocycles. The summed E-state index contributed by atoms with van der Waals surface area (Å²) in [5.74, 6) is 0. The third kappa shape index (κ3) is 5.52. The van der Waals surface area contributed by atoms with Gasteiger partial charge >= 0.3 is 0 Å². The van der Waals surface area contributed by atoms with E-state index in [1.54, 1.807) is 0 Å².